The molecular formula is C22H23N3O3S. The summed E-state index contributed by atoms with van der Waals surface area (Å²) in [5, 5.41) is 2.86. The highest BCUT2D eigenvalue weighted by molar-refractivity contribution is 7.98. The van der Waals surface area contributed by atoms with Gasteiger partial charge in [0.05, 0.1) is 24.2 Å². The van der Waals surface area contributed by atoms with Gasteiger partial charge in [-0.15, -0.1) is 11.8 Å². The van der Waals surface area contributed by atoms with E-state index in [2.05, 4.69) is 10.3 Å². The van der Waals surface area contributed by atoms with Crippen molar-refractivity contribution in [3.05, 3.63) is 76.8 Å². The molecule has 150 valence electrons. The molecule has 2 aromatic carbocycles. The minimum absolute atomic E-state index is 0.151. The summed E-state index contributed by atoms with van der Waals surface area (Å²) in [6.07, 6.45) is 3.44. The molecule has 0 aliphatic rings. The van der Waals surface area contributed by atoms with Crippen LogP contribution in [0.15, 0.2) is 70.6 Å². The molecule has 3 rings (SSSR count). The van der Waals surface area contributed by atoms with Gasteiger partial charge in [-0.25, -0.2) is 4.98 Å². The molecular weight excluding hydrogens is 386 g/mol. The van der Waals surface area contributed by atoms with Crippen molar-refractivity contribution in [1.29, 1.82) is 0 Å². The number of rotatable bonds is 8. The van der Waals surface area contributed by atoms with Crippen molar-refractivity contribution < 1.29 is 9.53 Å². The molecule has 1 aromatic heterocycles. The summed E-state index contributed by atoms with van der Waals surface area (Å²) >= 11 is 1.53. The average Bonchev–Trinajstić information content (AvgIpc) is 2.75. The van der Waals surface area contributed by atoms with Gasteiger partial charge in [0, 0.05) is 29.6 Å². The van der Waals surface area contributed by atoms with Crippen molar-refractivity contribution in [3.63, 3.8) is 0 Å². The molecule has 7 heteroatoms. The number of hydrogen-bond donors (Lipinski definition) is 1. The second-order valence-corrected chi connectivity index (χ2v) is 7.07. The van der Waals surface area contributed by atoms with E-state index in [1.165, 1.54) is 28.7 Å². The molecule has 1 amide bonds. The zero-order chi connectivity index (χ0) is 20.6. The Bertz CT molecular complexity index is 1030. The second-order valence-electron chi connectivity index (χ2n) is 6.22. The van der Waals surface area contributed by atoms with Gasteiger partial charge in [-0.3, -0.25) is 14.2 Å². The van der Waals surface area contributed by atoms with E-state index in [0.29, 0.717) is 31.0 Å². The molecule has 0 unspecified atom stereocenters. The molecule has 3 aromatic rings. The van der Waals surface area contributed by atoms with Crippen LogP contribution < -0.4 is 15.6 Å². The van der Waals surface area contributed by atoms with Crippen molar-refractivity contribution in [3.8, 4) is 17.0 Å². The smallest absolute Gasteiger partial charge is 0.253 e. The van der Waals surface area contributed by atoms with Gasteiger partial charge in [0.2, 0.25) is 0 Å². The molecule has 29 heavy (non-hydrogen) atoms. The summed E-state index contributed by atoms with van der Waals surface area (Å²) < 4.78 is 6.91. The van der Waals surface area contributed by atoms with E-state index < -0.39 is 0 Å². The quantitative estimate of drug-likeness (QED) is 0.577. The highest BCUT2D eigenvalue weighted by Gasteiger charge is 2.10. The van der Waals surface area contributed by atoms with Crippen LogP contribution in [-0.2, 0) is 6.54 Å². The monoisotopic (exact) mass is 409 g/mol. The van der Waals surface area contributed by atoms with Crippen LogP contribution in [0.3, 0.4) is 0 Å². The topological polar surface area (TPSA) is 73.2 Å². The van der Waals surface area contributed by atoms with Gasteiger partial charge in [-0.1, -0.05) is 12.1 Å². The number of carbonyl (C=O) groups excluding carboxylic acids is 1. The lowest BCUT2D eigenvalue weighted by atomic mass is 10.1. The van der Waals surface area contributed by atoms with E-state index in [1.807, 2.05) is 55.6 Å². The standard InChI is InChI=1S/C22H23N3O3S/c1-3-28-17-10-8-16(9-11-17)19-14-21(26)25(15-24-19)13-12-23-22(27)18-6-4-5-7-20(18)29-2/h4-11,14-15H,3,12-13H2,1-2H3,(H,23,27). The first-order valence-electron chi connectivity index (χ1n) is 9.33. The highest BCUT2D eigenvalue weighted by atomic mass is 32.2. The summed E-state index contributed by atoms with van der Waals surface area (Å²) in [5.41, 5.74) is 1.92. The largest absolute Gasteiger partial charge is 0.494 e. The van der Waals surface area contributed by atoms with Gasteiger partial charge in [0.15, 0.2) is 0 Å². The minimum atomic E-state index is -0.164. The Balaban J connectivity index is 1.62. The Morgan fingerprint density at radius 3 is 2.62 bits per heavy atom. The SMILES string of the molecule is CCOc1ccc(-c2cc(=O)n(CCNC(=O)c3ccccc3SC)cn2)cc1. The van der Waals surface area contributed by atoms with Crippen molar-refractivity contribution in [2.75, 3.05) is 19.4 Å². The van der Waals surface area contributed by atoms with Crippen molar-refractivity contribution in [2.24, 2.45) is 0 Å². The van der Waals surface area contributed by atoms with Crippen LogP contribution in [0.2, 0.25) is 0 Å². The number of thioether (sulfide) groups is 1. The number of hydrogen-bond acceptors (Lipinski definition) is 5. The number of benzene rings is 2. The summed E-state index contributed by atoms with van der Waals surface area (Å²) in [5.74, 6) is 0.630. The van der Waals surface area contributed by atoms with Gasteiger partial charge in [0.1, 0.15) is 5.75 Å². The Labute approximate surface area is 173 Å². The van der Waals surface area contributed by atoms with Crippen LogP contribution in [0, 0.1) is 0 Å². The Hall–Kier alpha value is -3.06. The molecule has 1 heterocycles. The van der Waals surface area contributed by atoms with Crippen LogP contribution in [0.5, 0.6) is 5.75 Å². The van der Waals surface area contributed by atoms with Gasteiger partial charge < -0.3 is 10.1 Å². The maximum atomic E-state index is 12.4. The van der Waals surface area contributed by atoms with E-state index in [9.17, 15) is 9.59 Å². The summed E-state index contributed by atoms with van der Waals surface area (Å²) in [6.45, 7) is 3.22. The lowest BCUT2D eigenvalue weighted by Gasteiger charge is -2.10. The fourth-order valence-corrected chi connectivity index (χ4v) is 3.45. The van der Waals surface area contributed by atoms with Crippen LogP contribution in [-0.4, -0.2) is 34.9 Å². The highest BCUT2D eigenvalue weighted by Crippen LogP contribution is 2.20. The van der Waals surface area contributed by atoms with Crippen LogP contribution >= 0.6 is 11.8 Å². The molecule has 0 saturated carbocycles. The third-order valence-corrected chi connectivity index (χ3v) is 5.13. The molecule has 0 radical (unpaired) electrons. The molecule has 6 nitrogen and oxygen atoms in total. The van der Waals surface area contributed by atoms with Crippen LogP contribution in [0.1, 0.15) is 17.3 Å². The van der Waals surface area contributed by atoms with Crippen molar-refractivity contribution >= 4 is 17.7 Å². The lowest BCUT2D eigenvalue weighted by Crippen LogP contribution is -2.31. The molecule has 0 aliphatic carbocycles. The molecule has 1 N–H and O–H groups in total. The van der Waals surface area contributed by atoms with E-state index in [-0.39, 0.29) is 11.5 Å². The molecule has 0 aliphatic heterocycles. The number of amides is 1. The number of nitrogens with one attached hydrogen (secondary N) is 1. The molecule has 0 saturated heterocycles. The third-order valence-electron chi connectivity index (χ3n) is 4.33. The normalized spacial score (nSPS) is 10.6. The number of nitrogens with zero attached hydrogens (tertiary/aromatic N) is 2. The fourth-order valence-electron chi connectivity index (χ4n) is 2.86. The average molecular weight is 410 g/mol. The predicted molar refractivity (Wildman–Crippen MR) is 116 cm³/mol. The zero-order valence-corrected chi connectivity index (χ0v) is 17.2. The van der Waals surface area contributed by atoms with E-state index in [4.69, 9.17) is 4.74 Å². The molecule has 0 spiro atoms. The summed E-state index contributed by atoms with van der Waals surface area (Å²) in [7, 11) is 0. The maximum absolute atomic E-state index is 12.4. The predicted octanol–water partition coefficient (Wildman–Crippen LogP) is 3.46. The lowest BCUT2D eigenvalue weighted by molar-refractivity contribution is 0.0949. The summed E-state index contributed by atoms with van der Waals surface area (Å²) in [4.78, 5) is 30.1. The van der Waals surface area contributed by atoms with E-state index >= 15 is 0 Å². The number of ether oxygens (including phenoxy) is 1. The number of carbonyl (C=O) groups is 1. The summed E-state index contributed by atoms with van der Waals surface area (Å²) in [6, 6.07) is 16.4. The maximum Gasteiger partial charge on any atom is 0.253 e. The van der Waals surface area contributed by atoms with Crippen molar-refractivity contribution in [1.82, 2.24) is 14.9 Å². The van der Waals surface area contributed by atoms with Gasteiger partial charge in [-0.05, 0) is 49.6 Å². The van der Waals surface area contributed by atoms with Gasteiger partial charge in [0.25, 0.3) is 11.5 Å². The third kappa shape index (κ3) is 5.26. The first-order valence-corrected chi connectivity index (χ1v) is 10.6. The van der Waals surface area contributed by atoms with Crippen LogP contribution in [0.4, 0.5) is 0 Å². The van der Waals surface area contributed by atoms with Crippen LogP contribution in [0.25, 0.3) is 11.3 Å². The fraction of sp³-hybridized carbons (Fsp3) is 0.227. The van der Waals surface area contributed by atoms with Gasteiger partial charge >= 0.3 is 0 Å². The van der Waals surface area contributed by atoms with Gasteiger partial charge in [-0.2, -0.15) is 0 Å². The second kappa shape index (κ2) is 9.93. The van der Waals surface area contributed by atoms with E-state index in [0.717, 1.165) is 16.2 Å². The number of aromatic nitrogens is 2. The Morgan fingerprint density at radius 2 is 1.93 bits per heavy atom. The zero-order valence-electron chi connectivity index (χ0n) is 16.4. The minimum Gasteiger partial charge on any atom is -0.494 e. The molecule has 0 atom stereocenters. The van der Waals surface area contributed by atoms with Crippen molar-refractivity contribution in [2.45, 2.75) is 18.4 Å². The Morgan fingerprint density at radius 1 is 1.17 bits per heavy atom. The van der Waals surface area contributed by atoms with E-state index in [1.54, 1.807) is 6.07 Å². The Kier molecular flexibility index (Phi) is 7.08. The molecule has 0 fully saturated rings. The molecule has 0 bridgehead atoms. The first kappa shape index (κ1) is 20.7. The first-order chi connectivity index (χ1) is 14.1.